The average molecular weight is 145 g/mol. The molecular weight excluding hydrogens is 145 g/mol. The predicted molar refractivity (Wildman–Crippen MR) is 18.9 cm³/mol. The fourth-order valence-electron chi connectivity index (χ4n) is 0. The zero-order chi connectivity index (χ0) is 7.15. The van der Waals surface area contributed by atoms with Gasteiger partial charge in [-0.05, 0) is 0 Å². The van der Waals surface area contributed by atoms with Gasteiger partial charge in [-0.3, -0.25) is 0 Å². The maximum Gasteiger partial charge on any atom is 0.487 e. The number of halogens is 6. The van der Waals surface area contributed by atoms with E-state index in [1.165, 1.54) is 0 Å². The Morgan fingerprint density at radius 1 is 0.556 bits per heavy atom. The Labute approximate surface area is 59.4 Å². The van der Waals surface area contributed by atoms with Crippen molar-refractivity contribution in [2.45, 2.75) is 0 Å². The summed E-state index contributed by atoms with van der Waals surface area (Å²) in [5, 5.41) is 0. The Hall–Kier alpha value is 0.177. The maximum absolute atomic E-state index is 9.58. The summed E-state index contributed by atoms with van der Waals surface area (Å²) in [6.07, 6.45) is 0. The van der Waals surface area contributed by atoms with E-state index in [1.807, 2.05) is 0 Å². The van der Waals surface area contributed by atoms with Gasteiger partial charge >= 0.3 is 13.4 Å². The summed E-state index contributed by atoms with van der Waals surface area (Å²) in [6.45, 7) is -6.17. The second-order valence-corrected chi connectivity index (χ2v) is 0.429. The second kappa shape index (κ2) is 11.0. The molecule has 0 saturated carbocycles. The zero-order valence-electron chi connectivity index (χ0n) is 4.27. The van der Waals surface area contributed by atoms with Crippen molar-refractivity contribution in [1.29, 1.82) is 0 Å². The van der Waals surface area contributed by atoms with Crippen LogP contribution >= 0.6 is 0 Å². The monoisotopic (exact) mass is 145 g/mol. The molecule has 0 atom stereocenters. The van der Waals surface area contributed by atoms with E-state index in [2.05, 4.69) is 0 Å². The molecule has 0 bridgehead atoms. The summed E-state index contributed by atoms with van der Waals surface area (Å²) in [5.41, 5.74) is 0. The first-order valence-electron chi connectivity index (χ1n) is 1.13. The molecule has 0 heterocycles. The van der Waals surface area contributed by atoms with E-state index >= 15 is 0 Å². The van der Waals surface area contributed by atoms with Crippen molar-refractivity contribution in [3.8, 4) is 0 Å². The molecule has 0 rings (SSSR count). The molecule has 0 unspecified atom stereocenters. The van der Waals surface area contributed by atoms with Crippen LogP contribution in [0, 0.1) is 13.4 Å². The summed E-state index contributed by atoms with van der Waals surface area (Å²) in [7, 11) is 0. The van der Waals surface area contributed by atoms with Crippen LogP contribution in [0.3, 0.4) is 0 Å². The third-order valence-corrected chi connectivity index (χ3v) is 0. The minimum absolute atomic E-state index is 0. The van der Waals surface area contributed by atoms with E-state index in [0.29, 0.717) is 0 Å². The van der Waals surface area contributed by atoms with Crippen molar-refractivity contribution < 1.29 is 26.3 Å². The van der Waals surface area contributed by atoms with E-state index < -0.39 is 13.4 Å². The van der Waals surface area contributed by atoms with Gasteiger partial charge in [0.05, 0.1) is 0 Å². The molecule has 3 radical (unpaired) electrons. The van der Waals surface area contributed by atoms with Crippen LogP contribution in [0.25, 0.3) is 0 Å². The molecule has 0 aliphatic heterocycles. The smallest absolute Gasteiger partial charge is 0.162 e. The molecule has 0 N–H and O–H groups in total. The molecule has 0 aromatic rings. The van der Waals surface area contributed by atoms with Crippen LogP contribution in [0.4, 0.5) is 26.3 Å². The Morgan fingerprint density at radius 2 is 0.556 bits per heavy atom. The summed E-state index contributed by atoms with van der Waals surface area (Å²) in [5.74, 6) is 0. The van der Waals surface area contributed by atoms with Gasteiger partial charge in [0.1, 0.15) is 0 Å². The minimum atomic E-state index is -3.08. The third kappa shape index (κ3) is 9920. The molecule has 0 aliphatic carbocycles. The second-order valence-electron chi connectivity index (χ2n) is 0.429. The van der Waals surface area contributed by atoms with Crippen LogP contribution in [-0.2, 0) is 0 Å². The summed E-state index contributed by atoms with van der Waals surface area (Å²) >= 11 is 0. The van der Waals surface area contributed by atoms with E-state index in [4.69, 9.17) is 0 Å². The molecule has 0 fully saturated rings. The average Bonchev–Trinajstić information content (AvgIpc) is 1.25. The van der Waals surface area contributed by atoms with Gasteiger partial charge in [-0.25, -0.2) is 0 Å². The van der Waals surface area contributed by atoms with Crippen molar-refractivity contribution in [3.63, 3.8) is 0 Å². The number of rotatable bonds is 0. The van der Waals surface area contributed by atoms with Crippen LogP contribution in [-0.4, -0.2) is 18.9 Å². The van der Waals surface area contributed by atoms with Crippen LogP contribution in [0.15, 0.2) is 0 Å². The van der Waals surface area contributed by atoms with E-state index in [1.54, 1.807) is 0 Å². The molecule has 0 nitrogen and oxygen atoms in total. The topological polar surface area (TPSA) is 0 Å². The fourth-order valence-corrected chi connectivity index (χ4v) is 0. The van der Waals surface area contributed by atoms with Gasteiger partial charge in [-0.15, -0.1) is 0 Å². The molecular formula is C2F6Li. The van der Waals surface area contributed by atoms with Gasteiger partial charge in [0.15, 0.2) is 0 Å². The first-order valence-corrected chi connectivity index (χ1v) is 1.13. The van der Waals surface area contributed by atoms with Gasteiger partial charge < -0.3 is 0 Å². The summed E-state index contributed by atoms with van der Waals surface area (Å²) < 4.78 is 57.5. The van der Waals surface area contributed by atoms with E-state index in [0.717, 1.165) is 0 Å². The largest absolute Gasteiger partial charge is 0.487 e. The van der Waals surface area contributed by atoms with Crippen LogP contribution < -0.4 is 0 Å². The van der Waals surface area contributed by atoms with Gasteiger partial charge in [0.2, 0.25) is 0 Å². The summed E-state index contributed by atoms with van der Waals surface area (Å²) in [6, 6.07) is 0. The first kappa shape index (κ1) is 16.1. The van der Waals surface area contributed by atoms with Gasteiger partial charge in [0, 0.05) is 18.9 Å². The quantitative estimate of drug-likeness (QED) is 0.362. The van der Waals surface area contributed by atoms with Crippen LogP contribution in [0.1, 0.15) is 0 Å². The molecule has 7 heteroatoms. The van der Waals surface area contributed by atoms with Gasteiger partial charge in [-0.2, -0.15) is 26.3 Å². The Morgan fingerprint density at radius 3 is 0.556 bits per heavy atom. The van der Waals surface area contributed by atoms with Gasteiger partial charge in [-0.1, -0.05) is 0 Å². The molecule has 0 saturated heterocycles. The number of hydrogen-bond acceptors (Lipinski definition) is 0. The van der Waals surface area contributed by atoms with Gasteiger partial charge in [0.25, 0.3) is 0 Å². The van der Waals surface area contributed by atoms with Crippen molar-refractivity contribution >= 4 is 18.9 Å². The Bertz CT molecular complexity index is 26.5. The third-order valence-electron chi connectivity index (χ3n) is 0. The maximum atomic E-state index is 9.58. The summed E-state index contributed by atoms with van der Waals surface area (Å²) in [4.78, 5) is 0. The minimum Gasteiger partial charge on any atom is -0.162 e. The molecule has 0 aromatic heterocycles. The zero-order valence-corrected chi connectivity index (χ0v) is 4.27. The first-order chi connectivity index (χ1) is 3.46. The van der Waals surface area contributed by atoms with Crippen LogP contribution in [0.2, 0.25) is 0 Å². The van der Waals surface area contributed by atoms with E-state index in [-0.39, 0.29) is 18.9 Å². The Kier molecular flexibility index (Phi) is 19.7. The van der Waals surface area contributed by atoms with Crippen molar-refractivity contribution in [2.75, 3.05) is 0 Å². The SMILES string of the molecule is F[C](F)F.F[C](F)F.[Li]. The molecule has 51 valence electrons. The van der Waals surface area contributed by atoms with Crippen LogP contribution in [0.5, 0.6) is 0 Å². The predicted octanol–water partition coefficient (Wildman–Crippen LogP) is 2.30. The molecule has 0 spiro atoms. The van der Waals surface area contributed by atoms with Crippen molar-refractivity contribution in [1.82, 2.24) is 0 Å². The molecule has 0 amide bonds. The van der Waals surface area contributed by atoms with E-state index in [9.17, 15) is 26.3 Å². The standard InChI is InChI=1S/2CF3.Li/c2*2-1(3)4;. The Balaban J connectivity index is -0.0000000720. The van der Waals surface area contributed by atoms with Crippen molar-refractivity contribution in [3.05, 3.63) is 13.4 Å². The molecule has 0 aliphatic rings. The fraction of sp³-hybridized carbons (Fsp3) is 0. The molecule has 9 heavy (non-hydrogen) atoms. The number of hydrogen-bond donors (Lipinski definition) is 0. The normalized spacial score (nSPS) is 8.00. The van der Waals surface area contributed by atoms with Crippen molar-refractivity contribution in [2.24, 2.45) is 0 Å². The molecule has 0 aromatic carbocycles.